The Morgan fingerprint density at radius 3 is 2.25 bits per heavy atom. The first-order valence-corrected chi connectivity index (χ1v) is 4.16. The summed E-state index contributed by atoms with van der Waals surface area (Å²) in [6.45, 7) is 0. The molecule has 0 aromatic rings. The number of hydrogen-bond donors (Lipinski definition) is 0. The van der Waals surface area contributed by atoms with Crippen LogP contribution in [0.4, 0.5) is 9.59 Å². The van der Waals surface area contributed by atoms with Crippen molar-refractivity contribution in [2.75, 3.05) is 0 Å². The molecular formula is C8H9Cl2O5Pd-. The molecule has 0 N–H and O–H groups in total. The molecule has 2 atom stereocenters. The Morgan fingerprint density at radius 2 is 1.62 bits per heavy atom. The summed E-state index contributed by atoms with van der Waals surface area (Å²) in [6, 6.07) is 0. The summed E-state index contributed by atoms with van der Waals surface area (Å²) in [7, 11) is 0. The van der Waals surface area contributed by atoms with E-state index in [9.17, 15) is 9.59 Å². The number of carbonyl (C=O) groups excluding carboxylic acids is 2. The van der Waals surface area contributed by atoms with E-state index in [-0.39, 0.29) is 57.4 Å². The van der Waals surface area contributed by atoms with E-state index in [2.05, 4.69) is 4.74 Å². The standard InChI is InChI=1S/C8H9O5.2ClH.Pd/c9-7-11-5-3-1-2-4-6(5)12-8(10)13-7;;;/h1,5-6H,2-4H2;2*1H;/q-1;;;+2/p-2. The van der Waals surface area contributed by atoms with Crippen LogP contribution in [0, 0.1) is 6.42 Å². The zero-order valence-corrected chi connectivity index (χ0v) is 11.0. The smallest absolute Gasteiger partial charge is 1.00 e. The van der Waals surface area contributed by atoms with Gasteiger partial charge in [0, 0.05) is 0 Å². The van der Waals surface area contributed by atoms with Gasteiger partial charge < -0.3 is 45.4 Å². The molecule has 5 nitrogen and oxygen atoms in total. The molecule has 0 spiro atoms. The molecule has 0 aromatic carbocycles. The third-order valence-corrected chi connectivity index (χ3v) is 2.13. The summed E-state index contributed by atoms with van der Waals surface area (Å²) in [5.41, 5.74) is 0. The molecule has 2 rings (SSSR count). The third kappa shape index (κ3) is 4.46. The van der Waals surface area contributed by atoms with Crippen LogP contribution < -0.4 is 24.8 Å². The summed E-state index contributed by atoms with van der Waals surface area (Å²) < 4.78 is 13.9. The van der Waals surface area contributed by atoms with Crippen LogP contribution >= 0.6 is 0 Å². The van der Waals surface area contributed by atoms with Crippen molar-refractivity contribution < 1.29 is 69.0 Å². The van der Waals surface area contributed by atoms with Gasteiger partial charge in [0.05, 0.1) is 0 Å². The van der Waals surface area contributed by atoms with Crippen molar-refractivity contribution in [1.29, 1.82) is 0 Å². The van der Waals surface area contributed by atoms with Gasteiger partial charge in [0.25, 0.3) is 0 Å². The van der Waals surface area contributed by atoms with Gasteiger partial charge in [-0.15, -0.1) is 6.42 Å². The normalized spacial score (nSPS) is 27.2. The first-order valence-electron chi connectivity index (χ1n) is 4.16. The number of ether oxygens (including phenoxy) is 3. The monoisotopic (exact) mass is 361 g/mol. The van der Waals surface area contributed by atoms with Crippen molar-refractivity contribution in [1.82, 2.24) is 0 Å². The molecule has 1 heterocycles. The molecule has 8 heteroatoms. The molecule has 0 amide bonds. The van der Waals surface area contributed by atoms with Gasteiger partial charge in [-0.3, -0.25) is 0 Å². The maximum atomic E-state index is 10.8. The van der Waals surface area contributed by atoms with Gasteiger partial charge in [-0.25, -0.2) is 9.59 Å². The van der Waals surface area contributed by atoms with Crippen molar-refractivity contribution in [3.63, 3.8) is 0 Å². The van der Waals surface area contributed by atoms with Gasteiger partial charge in [0.1, 0.15) is 12.2 Å². The van der Waals surface area contributed by atoms with E-state index in [1.54, 1.807) is 0 Å². The minimum Gasteiger partial charge on any atom is -1.00 e. The van der Waals surface area contributed by atoms with Crippen molar-refractivity contribution in [2.45, 2.75) is 31.5 Å². The zero-order chi connectivity index (χ0) is 9.26. The topological polar surface area (TPSA) is 61.8 Å². The second kappa shape index (κ2) is 8.13. The van der Waals surface area contributed by atoms with Gasteiger partial charge in [0.2, 0.25) is 0 Å². The van der Waals surface area contributed by atoms with Crippen LogP contribution in [0.2, 0.25) is 0 Å². The molecule has 2 aliphatic rings. The molecule has 16 heavy (non-hydrogen) atoms. The minimum atomic E-state index is -0.965. The molecular weight excluding hydrogens is 353 g/mol. The van der Waals surface area contributed by atoms with Crippen LogP contribution in [-0.4, -0.2) is 24.5 Å². The first kappa shape index (κ1) is 18.4. The van der Waals surface area contributed by atoms with E-state index in [1.165, 1.54) is 0 Å². The molecule has 1 saturated heterocycles. The molecule has 1 aliphatic heterocycles. The summed E-state index contributed by atoms with van der Waals surface area (Å²) in [6.07, 6.45) is 1.54. The molecule has 1 aliphatic carbocycles. The fourth-order valence-electron chi connectivity index (χ4n) is 1.52. The van der Waals surface area contributed by atoms with E-state index < -0.39 is 12.3 Å². The van der Waals surface area contributed by atoms with Gasteiger partial charge in [-0.1, -0.05) is 0 Å². The van der Waals surface area contributed by atoms with Gasteiger partial charge in [-0.2, -0.15) is 6.42 Å². The average molecular weight is 362 g/mol. The molecule has 0 aromatic heterocycles. The number of rotatable bonds is 0. The molecule has 0 radical (unpaired) electrons. The van der Waals surface area contributed by atoms with Crippen LogP contribution in [0.5, 0.6) is 0 Å². The van der Waals surface area contributed by atoms with E-state index >= 15 is 0 Å². The Labute approximate surface area is 119 Å². The average Bonchev–Trinajstić information content (AvgIpc) is 2.20. The third-order valence-electron chi connectivity index (χ3n) is 2.13. The van der Waals surface area contributed by atoms with E-state index in [0.29, 0.717) is 12.8 Å². The van der Waals surface area contributed by atoms with Crippen LogP contribution in [0.15, 0.2) is 0 Å². The molecule has 0 bridgehead atoms. The molecule has 96 valence electrons. The van der Waals surface area contributed by atoms with Gasteiger partial charge in [0.15, 0.2) is 0 Å². The second-order valence-corrected chi connectivity index (χ2v) is 3.02. The largest absolute Gasteiger partial charge is 2.00 e. The summed E-state index contributed by atoms with van der Waals surface area (Å²) >= 11 is 0. The number of fused-ring (bicyclic) bond motifs is 1. The number of hydrogen-bond acceptors (Lipinski definition) is 5. The van der Waals surface area contributed by atoms with E-state index in [0.717, 1.165) is 6.42 Å². The van der Waals surface area contributed by atoms with Crippen molar-refractivity contribution in [3.05, 3.63) is 6.42 Å². The van der Waals surface area contributed by atoms with Crippen molar-refractivity contribution in [3.8, 4) is 0 Å². The van der Waals surface area contributed by atoms with Gasteiger partial charge >= 0.3 is 32.7 Å². The quantitative estimate of drug-likeness (QED) is 0.188. The Balaban J connectivity index is 0. The number of halogens is 2. The fraction of sp³-hybridized carbons (Fsp3) is 0.625. The van der Waals surface area contributed by atoms with Gasteiger partial charge in [-0.05, 0) is 6.42 Å². The Kier molecular flexibility index (Phi) is 9.32. The molecule has 2 unspecified atom stereocenters. The van der Waals surface area contributed by atoms with Crippen LogP contribution in [-0.2, 0) is 34.6 Å². The Bertz CT molecular complexity index is 227. The Morgan fingerprint density at radius 1 is 1.06 bits per heavy atom. The maximum absolute atomic E-state index is 10.8. The SMILES string of the molecule is O=C1OC(=O)OC2CC[CH-]CC2O1.[Cl-].[Cl-].[Pd+2]. The minimum absolute atomic E-state index is 0. The predicted molar refractivity (Wildman–Crippen MR) is 39.8 cm³/mol. The second-order valence-electron chi connectivity index (χ2n) is 3.02. The van der Waals surface area contributed by atoms with E-state index in [1.807, 2.05) is 6.42 Å². The summed E-state index contributed by atoms with van der Waals surface area (Å²) in [5.74, 6) is 0. The van der Waals surface area contributed by atoms with Crippen molar-refractivity contribution >= 4 is 12.3 Å². The summed E-state index contributed by atoms with van der Waals surface area (Å²) in [5, 5.41) is 0. The number of cyclic esters (lactones) is 2. The Hall–Kier alpha value is -0.0177. The van der Waals surface area contributed by atoms with E-state index in [4.69, 9.17) is 9.47 Å². The van der Waals surface area contributed by atoms with Crippen LogP contribution in [0.1, 0.15) is 19.3 Å². The fourth-order valence-corrected chi connectivity index (χ4v) is 1.52. The molecule has 1 saturated carbocycles. The van der Waals surface area contributed by atoms with Crippen molar-refractivity contribution in [2.24, 2.45) is 0 Å². The van der Waals surface area contributed by atoms with Crippen LogP contribution in [0.3, 0.4) is 0 Å². The zero-order valence-electron chi connectivity index (χ0n) is 7.97. The maximum Gasteiger partial charge on any atom is 2.00 e. The summed E-state index contributed by atoms with van der Waals surface area (Å²) in [4.78, 5) is 21.6. The molecule has 2 fully saturated rings. The first-order chi connectivity index (χ1) is 6.25. The number of carbonyl (C=O) groups is 2. The van der Waals surface area contributed by atoms with Crippen LogP contribution in [0.25, 0.3) is 0 Å². The predicted octanol–water partition coefficient (Wildman–Crippen LogP) is -4.58.